The second-order valence-corrected chi connectivity index (χ2v) is 5.31. The SMILES string of the molecule is CCCNCc1ccc2ccn(Cc3nonc3C)c2c1. The molecule has 2 aromatic heterocycles. The molecule has 0 radical (unpaired) electrons. The molecule has 0 unspecified atom stereocenters. The maximum absolute atomic E-state index is 4.77. The standard InChI is InChI=1S/C16H20N4O/c1-3-7-17-10-13-4-5-14-6-8-20(16(14)9-13)11-15-12(2)18-21-19-15/h4-6,8-9,17H,3,7,10-11H2,1-2H3. The van der Waals surface area contributed by atoms with Crippen LogP contribution in [-0.4, -0.2) is 21.4 Å². The first kappa shape index (κ1) is 13.8. The van der Waals surface area contributed by atoms with Crippen LogP contribution in [0.5, 0.6) is 0 Å². The summed E-state index contributed by atoms with van der Waals surface area (Å²) in [6.45, 7) is 6.72. The molecule has 5 heteroatoms. The van der Waals surface area contributed by atoms with Gasteiger partial charge in [-0.15, -0.1) is 0 Å². The Bertz CT molecular complexity index is 729. The normalized spacial score (nSPS) is 11.3. The maximum atomic E-state index is 4.77. The largest absolute Gasteiger partial charge is 0.341 e. The second-order valence-electron chi connectivity index (χ2n) is 5.31. The van der Waals surface area contributed by atoms with E-state index in [2.05, 4.69) is 57.6 Å². The van der Waals surface area contributed by atoms with E-state index in [1.165, 1.54) is 16.5 Å². The molecule has 0 aliphatic rings. The number of aryl methyl sites for hydroxylation is 1. The Labute approximate surface area is 123 Å². The van der Waals surface area contributed by atoms with E-state index in [1.54, 1.807) is 0 Å². The van der Waals surface area contributed by atoms with Gasteiger partial charge in [-0.2, -0.15) is 0 Å². The fraction of sp³-hybridized carbons (Fsp3) is 0.375. The van der Waals surface area contributed by atoms with Gasteiger partial charge in [0.05, 0.1) is 6.54 Å². The Balaban J connectivity index is 1.85. The Kier molecular flexibility index (Phi) is 4.01. The molecule has 5 nitrogen and oxygen atoms in total. The summed E-state index contributed by atoms with van der Waals surface area (Å²) in [6.07, 6.45) is 3.24. The summed E-state index contributed by atoms with van der Waals surface area (Å²) in [4.78, 5) is 0. The van der Waals surface area contributed by atoms with E-state index >= 15 is 0 Å². The zero-order chi connectivity index (χ0) is 14.7. The average Bonchev–Trinajstić information content (AvgIpc) is 3.07. The Hall–Kier alpha value is -2.14. The first-order chi connectivity index (χ1) is 10.3. The van der Waals surface area contributed by atoms with Crippen LogP contribution in [0.25, 0.3) is 10.9 Å². The van der Waals surface area contributed by atoms with Gasteiger partial charge in [-0.05, 0) is 43.0 Å². The van der Waals surface area contributed by atoms with Crippen LogP contribution in [0, 0.1) is 6.92 Å². The van der Waals surface area contributed by atoms with Gasteiger partial charge in [-0.3, -0.25) is 0 Å². The topological polar surface area (TPSA) is 55.9 Å². The third-order valence-corrected chi connectivity index (χ3v) is 3.66. The van der Waals surface area contributed by atoms with Gasteiger partial charge in [0.2, 0.25) is 0 Å². The van der Waals surface area contributed by atoms with Crippen LogP contribution in [0.4, 0.5) is 0 Å². The summed E-state index contributed by atoms with van der Waals surface area (Å²) in [5.74, 6) is 0. The first-order valence-electron chi connectivity index (χ1n) is 7.34. The maximum Gasteiger partial charge on any atom is 0.127 e. The molecular weight excluding hydrogens is 264 g/mol. The summed E-state index contributed by atoms with van der Waals surface area (Å²) in [6, 6.07) is 8.71. The van der Waals surface area contributed by atoms with Gasteiger partial charge in [-0.25, -0.2) is 4.63 Å². The minimum Gasteiger partial charge on any atom is -0.341 e. The highest BCUT2D eigenvalue weighted by atomic mass is 16.6. The monoisotopic (exact) mass is 284 g/mol. The number of hydrogen-bond donors (Lipinski definition) is 1. The van der Waals surface area contributed by atoms with E-state index in [9.17, 15) is 0 Å². The molecule has 1 aromatic carbocycles. The van der Waals surface area contributed by atoms with Crippen molar-refractivity contribution in [2.45, 2.75) is 33.4 Å². The summed E-state index contributed by atoms with van der Waals surface area (Å²) < 4.78 is 6.96. The van der Waals surface area contributed by atoms with Gasteiger partial charge in [-0.1, -0.05) is 29.4 Å². The van der Waals surface area contributed by atoms with Crippen molar-refractivity contribution in [1.29, 1.82) is 0 Å². The minimum absolute atomic E-state index is 0.685. The van der Waals surface area contributed by atoms with Gasteiger partial charge in [0.1, 0.15) is 11.4 Å². The van der Waals surface area contributed by atoms with Crippen molar-refractivity contribution < 1.29 is 4.63 Å². The van der Waals surface area contributed by atoms with Gasteiger partial charge in [0.15, 0.2) is 0 Å². The Morgan fingerprint density at radius 1 is 1.24 bits per heavy atom. The molecule has 2 heterocycles. The quantitative estimate of drug-likeness (QED) is 0.707. The lowest BCUT2D eigenvalue weighted by Crippen LogP contribution is -2.13. The van der Waals surface area contributed by atoms with Crippen molar-refractivity contribution in [1.82, 2.24) is 20.2 Å². The van der Waals surface area contributed by atoms with Gasteiger partial charge < -0.3 is 9.88 Å². The zero-order valence-corrected chi connectivity index (χ0v) is 12.5. The highest BCUT2D eigenvalue weighted by Gasteiger charge is 2.08. The molecule has 21 heavy (non-hydrogen) atoms. The Morgan fingerprint density at radius 2 is 2.14 bits per heavy atom. The molecular formula is C16H20N4O. The molecule has 3 aromatic rings. The van der Waals surface area contributed by atoms with Crippen LogP contribution in [0.3, 0.4) is 0 Å². The molecule has 0 saturated carbocycles. The molecule has 0 atom stereocenters. The van der Waals surface area contributed by atoms with Crippen LogP contribution in [0.1, 0.15) is 30.3 Å². The highest BCUT2D eigenvalue weighted by Crippen LogP contribution is 2.19. The number of nitrogens with one attached hydrogen (secondary N) is 1. The third-order valence-electron chi connectivity index (χ3n) is 3.66. The number of rotatable bonds is 6. The smallest absolute Gasteiger partial charge is 0.127 e. The van der Waals surface area contributed by atoms with Crippen molar-refractivity contribution in [3.63, 3.8) is 0 Å². The number of aromatic nitrogens is 3. The first-order valence-corrected chi connectivity index (χ1v) is 7.34. The van der Waals surface area contributed by atoms with Crippen LogP contribution in [-0.2, 0) is 13.1 Å². The summed E-state index contributed by atoms with van der Waals surface area (Å²) in [7, 11) is 0. The fourth-order valence-corrected chi connectivity index (χ4v) is 2.44. The van der Waals surface area contributed by atoms with Crippen LogP contribution < -0.4 is 5.32 Å². The van der Waals surface area contributed by atoms with Crippen molar-refractivity contribution >= 4 is 10.9 Å². The number of benzene rings is 1. The van der Waals surface area contributed by atoms with Crippen molar-refractivity contribution in [2.24, 2.45) is 0 Å². The Morgan fingerprint density at radius 3 is 2.90 bits per heavy atom. The van der Waals surface area contributed by atoms with Gasteiger partial charge in [0.25, 0.3) is 0 Å². The van der Waals surface area contributed by atoms with E-state index in [1.807, 2.05) is 6.92 Å². The average molecular weight is 284 g/mol. The van der Waals surface area contributed by atoms with Crippen molar-refractivity contribution in [3.05, 3.63) is 47.4 Å². The minimum atomic E-state index is 0.685. The number of nitrogens with zero attached hydrogens (tertiary/aromatic N) is 3. The molecule has 0 fully saturated rings. The van der Waals surface area contributed by atoms with Gasteiger partial charge >= 0.3 is 0 Å². The molecule has 0 aliphatic heterocycles. The van der Waals surface area contributed by atoms with Crippen LogP contribution >= 0.6 is 0 Å². The number of hydrogen-bond acceptors (Lipinski definition) is 4. The molecule has 3 rings (SSSR count). The molecule has 110 valence electrons. The third kappa shape index (κ3) is 2.97. The van der Waals surface area contributed by atoms with E-state index < -0.39 is 0 Å². The molecule has 0 amide bonds. The van der Waals surface area contributed by atoms with E-state index in [0.717, 1.165) is 30.9 Å². The summed E-state index contributed by atoms with van der Waals surface area (Å²) in [5, 5.41) is 12.5. The number of fused-ring (bicyclic) bond motifs is 1. The molecule has 0 saturated heterocycles. The molecule has 0 aliphatic carbocycles. The lowest BCUT2D eigenvalue weighted by Gasteiger charge is -2.06. The van der Waals surface area contributed by atoms with Crippen molar-refractivity contribution in [3.8, 4) is 0 Å². The molecule has 0 spiro atoms. The molecule has 0 bridgehead atoms. The summed E-state index contributed by atoms with van der Waals surface area (Å²) in [5.41, 5.74) is 4.23. The fourth-order valence-electron chi connectivity index (χ4n) is 2.44. The predicted octanol–water partition coefficient (Wildman–Crippen LogP) is 2.88. The van der Waals surface area contributed by atoms with Crippen LogP contribution in [0.2, 0.25) is 0 Å². The lowest BCUT2D eigenvalue weighted by atomic mass is 10.1. The van der Waals surface area contributed by atoms with E-state index in [4.69, 9.17) is 4.63 Å². The van der Waals surface area contributed by atoms with E-state index in [0.29, 0.717) is 6.54 Å². The highest BCUT2D eigenvalue weighted by molar-refractivity contribution is 5.80. The molecule has 1 N–H and O–H groups in total. The summed E-state index contributed by atoms with van der Waals surface area (Å²) >= 11 is 0. The van der Waals surface area contributed by atoms with Crippen molar-refractivity contribution in [2.75, 3.05) is 6.54 Å². The lowest BCUT2D eigenvalue weighted by molar-refractivity contribution is 0.300. The zero-order valence-electron chi connectivity index (χ0n) is 12.5. The van der Waals surface area contributed by atoms with Gasteiger partial charge in [0, 0.05) is 18.3 Å². The predicted molar refractivity (Wildman–Crippen MR) is 82.1 cm³/mol. The van der Waals surface area contributed by atoms with E-state index in [-0.39, 0.29) is 0 Å². The van der Waals surface area contributed by atoms with Crippen LogP contribution in [0.15, 0.2) is 35.1 Å². The second kappa shape index (κ2) is 6.10.